The first-order valence-corrected chi connectivity index (χ1v) is 4.90. The fourth-order valence-electron chi connectivity index (χ4n) is 1.09. The third kappa shape index (κ3) is 4.04. The van der Waals surface area contributed by atoms with E-state index in [-0.39, 0.29) is 5.82 Å². The molecule has 0 aliphatic heterocycles. The van der Waals surface area contributed by atoms with E-state index in [1.165, 1.54) is 12.3 Å². The van der Waals surface area contributed by atoms with Crippen molar-refractivity contribution in [2.45, 2.75) is 13.1 Å². The van der Waals surface area contributed by atoms with Crippen molar-refractivity contribution in [2.24, 2.45) is 0 Å². The molecule has 0 fully saturated rings. The van der Waals surface area contributed by atoms with E-state index in [2.05, 4.69) is 4.98 Å². The molecule has 98 valence electrons. The first kappa shape index (κ1) is 13.9. The molecule has 0 aliphatic carbocycles. The normalized spacial score (nSPS) is 10.9. The molecule has 2 amide bonds. The molecule has 8 heteroatoms. The van der Waals surface area contributed by atoms with Gasteiger partial charge in [0, 0.05) is 6.20 Å². The zero-order chi connectivity index (χ0) is 13.8. The van der Waals surface area contributed by atoms with Crippen LogP contribution in [0.5, 0.6) is 0 Å². The number of urea groups is 1. The van der Waals surface area contributed by atoms with Crippen molar-refractivity contribution in [3.63, 3.8) is 0 Å². The Morgan fingerprint density at radius 1 is 1.56 bits per heavy atom. The molecule has 5 nitrogen and oxygen atoms in total. The lowest BCUT2D eigenvalue weighted by Crippen LogP contribution is -2.43. The van der Waals surface area contributed by atoms with Crippen LogP contribution >= 0.6 is 0 Å². The molecule has 18 heavy (non-hydrogen) atoms. The third-order valence-corrected chi connectivity index (χ3v) is 1.93. The fourth-order valence-corrected chi connectivity index (χ4v) is 1.09. The second-order valence-electron chi connectivity index (χ2n) is 3.47. The molecule has 1 heterocycles. The standard InChI is InChI=1S/C10H11F3N4O/c1-7-2-3-8(15-4-7)17(6-14)9(18)16-5-10(11,12)13/h2-4,6,14H,5H2,1H3,(H,16,18). The first-order chi connectivity index (χ1) is 8.33. The topological polar surface area (TPSA) is 69.1 Å². The molecule has 0 aromatic carbocycles. The van der Waals surface area contributed by atoms with Crippen LogP contribution in [0.25, 0.3) is 0 Å². The van der Waals surface area contributed by atoms with E-state index in [9.17, 15) is 18.0 Å². The Bertz CT molecular complexity index is 430. The maximum absolute atomic E-state index is 11.9. The summed E-state index contributed by atoms with van der Waals surface area (Å²) in [6.45, 7) is 0.317. The molecule has 0 saturated heterocycles. The Hall–Kier alpha value is -2.12. The molecule has 0 atom stereocenters. The summed E-state index contributed by atoms with van der Waals surface area (Å²) in [7, 11) is 0. The van der Waals surface area contributed by atoms with Crippen LogP contribution < -0.4 is 10.2 Å². The molecule has 1 aromatic heterocycles. The zero-order valence-electron chi connectivity index (χ0n) is 9.45. The van der Waals surface area contributed by atoms with Gasteiger partial charge in [-0.25, -0.2) is 14.7 Å². The first-order valence-electron chi connectivity index (χ1n) is 4.90. The van der Waals surface area contributed by atoms with Gasteiger partial charge in [-0.1, -0.05) is 6.07 Å². The number of pyridine rings is 1. The minimum absolute atomic E-state index is 0.0790. The van der Waals surface area contributed by atoms with Gasteiger partial charge in [0.2, 0.25) is 0 Å². The molecule has 0 spiro atoms. The van der Waals surface area contributed by atoms with Crippen LogP contribution in [0.4, 0.5) is 23.8 Å². The third-order valence-electron chi connectivity index (χ3n) is 1.93. The van der Waals surface area contributed by atoms with E-state index in [0.717, 1.165) is 5.56 Å². The number of rotatable bonds is 3. The van der Waals surface area contributed by atoms with Gasteiger partial charge in [0.15, 0.2) is 0 Å². The molecular formula is C10H11F3N4O. The minimum atomic E-state index is -4.50. The second kappa shape index (κ2) is 5.48. The van der Waals surface area contributed by atoms with Crippen LogP contribution in [-0.2, 0) is 0 Å². The number of alkyl halides is 3. The van der Waals surface area contributed by atoms with Gasteiger partial charge in [-0.2, -0.15) is 13.2 Å². The summed E-state index contributed by atoms with van der Waals surface area (Å²) in [6, 6.07) is 2.02. The number of nitrogens with zero attached hydrogens (tertiary/aromatic N) is 2. The zero-order valence-corrected chi connectivity index (χ0v) is 9.45. The summed E-state index contributed by atoms with van der Waals surface area (Å²) in [6.07, 6.45) is -2.45. The summed E-state index contributed by atoms with van der Waals surface area (Å²) < 4.78 is 35.8. The van der Waals surface area contributed by atoms with Gasteiger partial charge < -0.3 is 5.32 Å². The van der Waals surface area contributed by atoms with Crippen molar-refractivity contribution in [1.82, 2.24) is 10.3 Å². The van der Waals surface area contributed by atoms with Crippen molar-refractivity contribution in [3.05, 3.63) is 23.9 Å². The number of hydrogen-bond donors (Lipinski definition) is 2. The molecule has 0 radical (unpaired) electrons. The smallest absolute Gasteiger partial charge is 0.328 e. The molecule has 2 N–H and O–H groups in total. The number of anilines is 1. The molecule has 0 aliphatic rings. The van der Waals surface area contributed by atoms with Crippen molar-refractivity contribution < 1.29 is 18.0 Å². The van der Waals surface area contributed by atoms with Gasteiger partial charge >= 0.3 is 12.2 Å². The lowest BCUT2D eigenvalue weighted by Gasteiger charge is -2.17. The van der Waals surface area contributed by atoms with Crippen LogP contribution in [0.3, 0.4) is 0 Å². The molecular weight excluding hydrogens is 249 g/mol. The van der Waals surface area contributed by atoms with Gasteiger partial charge in [0.25, 0.3) is 0 Å². The number of carbonyl (C=O) groups is 1. The van der Waals surface area contributed by atoms with E-state index in [4.69, 9.17) is 5.41 Å². The summed E-state index contributed by atoms with van der Waals surface area (Å²) >= 11 is 0. The van der Waals surface area contributed by atoms with E-state index in [1.807, 2.05) is 0 Å². The maximum atomic E-state index is 11.9. The molecule has 1 aromatic rings. The highest BCUT2D eigenvalue weighted by Crippen LogP contribution is 2.13. The van der Waals surface area contributed by atoms with E-state index in [0.29, 0.717) is 11.2 Å². The molecule has 0 bridgehead atoms. The predicted octanol–water partition coefficient (Wildman–Crippen LogP) is 2.08. The Labute approximate surface area is 101 Å². The number of aryl methyl sites for hydroxylation is 1. The van der Waals surface area contributed by atoms with E-state index < -0.39 is 18.8 Å². The van der Waals surface area contributed by atoms with Crippen molar-refractivity contribution in [2.75, 3.05) is 11.4 Å². The largest absolute Gasteiger partial charge is 0.405 e. The van der Waals surface area contributed by atoms with Gasteiger partial charge in [-0.3, -0.25) is 5.41 Å². The SMILES string of the molecule is Cc1ccc(N(C=N)C(=O)NCC(F)(F)F)nc1. The highest BCUT2D eigenvalue weighted by Gasteiger charge is 2.29. The maximum Gasteiger partial charge on any atom is 0.405 e. The number of aromatic nitrogens is 1. The second-order valence-corrected chi connectivity index (χ2v) is 3.47. The lowest BCUT2D eigenvalue weighted by atomic mass is 10.3. The van der Waals surface area contributed by atoms with Gasteiger partial charge in [-0.05, 0) is 18.6 Å². The molecule has 0 unspecified atom stereocenters. The van der Waals surface area contributed by atoms with Gasteiger partial charge in [0.05, 0.1) is 6.34 Å². The monoisotopic (exact) mass is 260 g/mol. The van der Waals surface area contributed by atoms with Gasteiger partial charge in [0.1, 0.15) is 12.4 Å². The highest BCUT2D eigenvalue weighted by molar-refractivity contribution is 6.05. The lowest BCUT2D eigenvalue weighted by molar-refractivity contribution is -0.122. The number of carbonyl (C=O) groups excluding carboxylic acids is 1. The van der Waals surface area contributed by atoms with Crippen LogP contribution in [0, 0.1) is 12.3 Å². The Balaban J connectivity index is 2.74. The number of hydrogen-bond acceptors (Lipinski definition) is 3. The van der Waals surface area contributed by atoms with Crippen LogP contribution in [0.2, 0.25) is 0 Å². The fraction of sp³-hybridized carbons (Fsp3) is 0.300. The minimum Gasteiger partial charge on any atom is -0.328 e. The Kier molecular flexibility index (Phi) is 4.24. The van der Waals surface area contributed by atoms with E-state index in [1.54, 1.807) is 18.3 Å². The van der Waals surface area contributed by atoms with Crippen molar-refractivity contribution >= 4 is 18.2 Å². The quantitative estimate of drug-likeness (QED) is 0.645. The molecule has 0 saturated carbocycles. The summed E-state index contributed by atoms with van der Waals surface area (Å²) in [5.74, 6) is 0.0790. The van der Waals surface area contributed by atoms with Crippen LogP contribution in [0.1, 0.15) is 5.56 Å². The molecule has 1 rings (SSSR count). The summed E-state index contributed by atoms with van der Waals surface area (Å²) in [5.41, 5.74) is 0.833. The van der Waals surface area contributed by atoms with E-state index >= 15 is 0 Å². The number of amides is 2. The van der Waals surface area contributed by atoms with Crippen LogP contribution in [0.15, 0.2) is 18.3 Å². The highest BCUT2D eigenvalue weighted by atomic mass is 19.4. The Morgan fingerprint density at radius 3 is 2.67 bits per heavy atom. The number of nitrogens with one attached hydrogen (secondary N) is 2. The average Bonchev–Trinajstić information content (AvgIpc) is 2.29. The van der Waals surface area contributed by atoms with Crippen LogP contribution in [-0.4, -0.2) is 30.1 Å². The summed E-state index contributed by atoms with van der Waals surface area (Å²) in [4.78, 5) is 16.0. The van der Waals surface area contributed by atoms with Crippen molar-refractivity contribution in [1.29, 1.82) is 5.41 Å². The predicted molar refractivity (Wildman–Crippen MR) is 59.7 cm³/mol. The Morgan fingerprint density at radius 2 is 2.22 bits per heavy atom. The van der Waals surface area contributed by atoms with Crippen molar-refractivity contribution in [3.8, 4) is 0 Å². The number of halogens is 3. The average molecular weight is 260 g/mol. The van der Waals surface area contributed by atoms with Gasteiger partial charge in [-0.15, -0.1) is 0 Å². The summed E-state index contributed by atoms with van der Waals surface area (Å²) in [5, 5.41) is 8.69.